The predicted molar refractivity (Wildman–Crippen MR) is 86.7 cm³/mol. The van der Waals surface area contributed by atoms with Gasteiger partial charge >= 0.3 is 5.82 Å². The van der Waals surface area contributed by atoms with Crippen molar-refractivity contribution in [2.24, 2.45) is 0 Å². The van der Waals surface area contributed by atoms with Crippen LogP contribution in [-0.4, -0.2) is 33.6 Å². The molecule has 3 aromatic rings. The van der Waals surface area contributed by atoms with Crippen molar-refractivity contribution in [3.63, 3.8) is 0 Å². The van der Waals surface area contributed by atoms with E-state index in [9.17, 15) is 10.1 Å². The van der Waals surface area contributed by atoms with Gasteiger partial charge in [-0.05, 0) is 23.1 Å². The van der Waals surface area contributed by atoms with E-state index in [4.69, 9.17) is 9.47 Å². The van der Waals surface area contributed by atoms with Gasteiger partial charge in [-0.2, -0.15) is 9.38 Å². The van der Waals surface area contributed by atoms with Crippen LogP contribution in [0.1, 0.15) is 0 Å². The molecule has 1 aliphatic rings. The number of nitrogens with zero attached hydrogens (tertiary/aromatic N) is 3. The average Bonchev–Trinajstić information content (AvgIpc) is 2.98. The summed E-state index contributed by atoms with van der Waals surface area (Å²) in [5.41, 5.74) is 0.512. The third-order valence-corrected chi connectivity index (χ3v) is 3.74. The minimum Gasteiger partial charge on any atom is -0.486 e. The maximum atomic E-state index is 11.4. The minimum atomic E-state index is -0.449. The molecule has 8 nitrogen and oxygen atoms in total. The maximum Gasteiger partial charge on any atom is 0.372 e. The number of benzene rings is 1. The topological polar surface area (TPSA) is 90.9 Å². The fraction of sp³-hybridized carbons (Fsp3) is 0.188. The van der Waals surface area contributed by atoms with Crippen molar-refractivity contribution in [1.29, 1.82) is 0 Å². The standard InChI is InChI=1S/C16H14N4O4/c21-20(22)16-15(18-14-7-3-4-8-19(14)16)17-9-11-10-23-12-5-1-2-6-13(12)24-11/h1-8,11,17H,9-10H2. The predicted octanol–water partition coefficient (Wildman–Crippen LogP) is 2.49. The number of rotatable bonds is 4. The number of imidazole rings is 1. The van der Waals surface area contributed by atoms with Gasteiger partial charge in [0.15, 0.2) is 11.5 Å². The molecule has 0 aliphatic carbocycles. The van der Waals surface area contributed by atoms with Crippen LogP contribution in [0, 0.1) is 10.1 Å². The van der Waals surface area contributed by atoms with Crippen LogP contribution in [0.2, 0.25) is 0 Å². The summed E-state index contributed by atoms with van der Waals surface area (Å²) in [5, 5.41) is 14.4. The van der Waals surface area contributed by atoms with Gasteiger partial charge < -0.3 is 24.9 Å². The fourth-order valence-corrected chi connectivity index (χ4v) is 2.65. The number of nitrogens with one attached hydrogen (secondary N) is 1. The molecule has 4 rings (SSSR count). The van der Waals surface area contributed by atoms with E-state index in [0.29, 0.717) is 30.3 Å². The molecule has 0 fully saturated rings. The van der Waals surface area contributed by atoms with E-state index in [-0.39, 0.29) is 17.7 Å². The lowest BCUT2D eigenvalue weighted by atomic mass is 10.2. The molecule has 2 aromatic heterocycles. The van der Waals surface area contributed by atoms with Crippen LogP contribution < -0.4 is 14.8 Å². The fourth-order valence-electron chi connectivity index (χ4n) is 2.65. The van der Waals surface area contributed by atoms with Crippen molar-refractivity contribution < 1.29 is 14.4 Å². The molecule has 0 amide bonds. The van der Waals surface area contributed by atoms with Crippen molar-refractivity contribution in [3.8, 4) is 11.5 Å². The number of hydrogen-bond donors (Lipinski definition) is 1. The van der Waals surface area contributed by atoms with Crippen molar-refractivity contribution >= 4 is 17.3 Å². The molecule has 0 bridgehead atoms. The molecule has 1 aromatic carbocycles. The molecule has 0 radical (unpaired) electrons. The van der Waals surface area contributed by atoms with E-state index in [1.807, 2.05) is 24.3 Å². The van der Waals surface area contributed by atoms with E-state index in [1.54, 1.807) is 24.4 Å². The van der Waals surface area contributed by atoms with Crippen molar-refractivity contribution in [1.82, 2.24) is 9.38 Å². The third kappa shape index (κ3) is 2.47. The molecule has 24 heavy (non-hydrogen) atoms. The van der Waals surface area contributed by atoms with Gasteiger partial charge in [-0.1, -0.05) is 18.2 Å². The average molecular weight is 326 g/mol. The van der Waals surface area contributed by atoms with Crippen LogP contribution in [-0.2, 0) is 0 Å². The second-order valence-corrected chi connectivity index (χ2v) is 5.35. The van der Waals surface area contributed by atoms with Gasteiger partial charge in [-0.3, -0.25) is 0 Å². The SMILES string of the molecule is O=[N+]([O-])c1c(NCC2COc3ccccc3O2)nc2ccccn12. The Bertz CT molecular complexity index is 908. The van der Waals surface area contributed by atoms with Gasteiger partial charge in [0.25, 0.3) is 0 Å². The summed E-state index contributed by atoms with van der Waals surface area (Å²) in [4.78, 5) is 15.2. The van der Waals surface area contributed by atoms with Crippen molar-refractivity contribution in [2.45, 2.75) is 6.10 Å². The van der Waals surface area contributed by atoms with Gasteiger partial charge in [0.1, 0.15) is 12.7 Å². The molecule has 0 saturated carbocycles. The van der Waals surface area contributed by atoms with Gasteiger partial charge in [-0.15, -0.1) is 0 Å². The summed E-state index contributed by atoms with van der Waals surface area (Å²) >= 11 is 0. The third-order valence-electron chi connectivity index (χ3n) is 3.74. The summed E-state index contributed by atoms with van der Waals surface area (Å²) in [7, 11) is 0. The Kier molecular flexibility index (Phi) is 3.42. The first-order chi connectivity index (χ1) is 11.7. The zero-order valence-electron chi connectivity index (χ0n) is 12.6. The lowest BCUT2D eigenvalue weighted by molar-refractivity contribution is -0.389. The lowest BCUT2D eigenvalue weighted by Gasteiger charge is -2.26. The van der Waals surface area contributed by atoms with Crippen LogP contribution in [0.4, 0.5) is 11.6 Å². The molecule has 1 atom stereocenters. The highest BCUT2D eigenvalue weighted by Crippen LogP contribution is 2.31. The van der Waals surface area contributed by atoms with Gasteiger partial charge in [0.05, 0.1) is 12.7 Å². The molecule has 3 heterocycles. The second-order valence-electron chi connectivity index (χ2n) is 5.35. The molecule has 0 spiro atoms. The zero-order valence-corrected chi connectivity index (χ0v) is 12.6. The highest BCUT2D eigenvalue weighted by atomic mass is 16.6. The number of pyridine rings is 1. The van der Waals surface area contributed by atoms with Crippen LogP contribution in [0.25, 0.3) is 5.65 Å². The van der Waals surface area contributed by atoms with Crippen LogP contribution in [0.3, 0.4) is 0 Å². The minimum absolute atomic E-state index is 0.0947. The number of anilines is 1. The first kappa shape index (κ1) is 14.3. The summed E-state index contributed by atoms with van der Waals surface area (Å²) in [6.07, 6.45) is 1.35. The van der Waals surface area contributed by atoms with Crippen molar-refractivity contribution in [3.05, 3.63) is 58.8 Å². The number of nitro groups is 1. The van der Waals surface area contributed by atoms with E-state index in [0.717, 1.165) is 0 Å². The largest absolute Gasteiger partial charge is 0.486 e. The quantitative estimate of drug-likeness (QED) is 0.585. The number of hydrogen-bond acceptors (Lipinski definition) is 6. The molecule has 0 saturated heterocycles. The summed E-state index contributed by atoms with van der Waals surface area (Å²) in [5.74, 6) is 1.49. The number of aromatic nitrogens is 2. The second kappa shape index (κ2) is 5.73. The highest BCUT2D eigenvalue weighted by molar-refractivity contribution is 5.62. The number of para-hydroxylation sites is 2. The van der Waals surface area contributed by atoms with Crippen molar-refractivity contribution in [2.75, 3.05) is 18.5 Å². The molecular weight excluding hydrogens is 312 g/mol. The molecular formula is C16H14N4O4. The first-order valence-corrected chi connectivity index (χ1v) is 7.46. The van der Waals surface area contributed by atoms with Crippen LogP contribution >= 0.6 is 0 Å². The van der Waals surface area contributed by atoms with Gasteiger partial charge in [0.2, 0.25) is 11.5 Å². The van der Waals surface area contributed by atoms with Gasteiger partial charge in [-0.25, -0.2) is 0 Å². The Morgan fingerprint density at radius 2 is 2.04 bits per heavy atom. The summed E-state index contributed by atoms with van der Waals surface area (Å²) in [6, 6.07) is 12.6. The van der Waals surface area contributed by atoms with E-state index in [1.165, 1.54) is 4.40 Å². The molecule has 1 N–H and O–H groups in total. The summed E-state index contributed by atoms with van der Waals surface area (Å²) < 4.78 is 12.9. The zero-order chi connectivity index (χ0) is 16.5. The molecule has 1 aliphatic heterocycles. The normalized spacial score (nSPS) is 16.1. The Labute approximate surface area is 136 Å². The van der Waals surface area contributed by atoms with Gasteiger partial charge in [0, 0.05) is 6.07 Å². The van der Waals surface area contributed by atoms with Crippen LogP contribution in [0.5, 0.6) is 11.5 Å². The number of ether oxygens (including phenoxy) is 2. The molecule has 1 unspecified atom stereocenters. The number of fused-ring (bicyclic) bond motifs is 2. The molecule has 8 heteroatoms. The molecule has 122 valence electrons. The van der Waals surface area contributed by atoms with E-state index < -0.39 is 4.92 Å². The monoisotopic (exact) mass is 326 g/mol. The van der Waals surface area contributed by atoms with E-state index >= 15 is 0 Å². The lowest BCUT2D eigenvalue weighted by Crippen LogP contribution is -2.35. The Hall–Kier alpha value is -3.29. The first-order valence-electron chi connectivity index (χ1n) is 7.46. The Morgan fingerprint density at radius 1 is 1.25 bits per heavy atom. The van der Waals surface area contributed by atoms with Crippen LogP contribution in [0.15, 0.2) is 48.7 Å². The maximum absolute atomic E-state index is 11.4. The highest BCUT2D eigenvalue weighted by Gasteiger charge is 2.25. The smallest absolute Gasteiger partial charge is 0.372 e. The Balaban J connectivity index is 1.53. The summed E-state index contributed by atoms with van der Waals surface area (Å²) in [6.45, 7) is 0.713. The Morgan fingerprint density at radius 3 is 2.88 bits per heavy atom. The van der Waals surface area contributed by atoms with E-state index in [2.05, 4.69) is 10.3 Å².